The van der Waals surface area contributed by atoms with Gasteiger partial charge in [-0.3, -0.25) is 4.90 Å². The predicted molar refractivity (Wildman–Crippen MR) is 162 cm³/mol. The largest absolute Gasteiger partial charge is 0.464 e. The van der Waals surface area contributed by atoms with Crippen molar-refractivity contribution in [3.05, 3.63) is 88.1 Å². The average molecular weight is 619 g/mol. The van der Waals surface area contributed by atoms with Crippen LogP contribution in [0.3, 0.4) is 0 Å². The number of aromatic nitrogens is 3. The maximum absolute atomic E-state index is 14.8. The molecule has 228 valence electrons. The van der Waals surface area contributed by atoms with Crippen LogP contribution in [0.15, 0.2) is 54.6 Å². The number of fused-ring (bicyclic) bond motifs is 2. The first-order chi connectivity index (χ1) is 21.2. The minimum Gasteiger partial charge on any atom is -0.464 e. The Labute approximate surface area is 259 Å². The number of esters is 1. The molecule has 4 aromatic rings. The van der Waals surface area contributed by atoms with Crippen LogP contribution >= 0.6 is 11.6 Å². The van der Waals surface area contributed by atoms with Crippen molar-refractivity contribution in [3.8, 4) is 11.5 Å². The molecule has 0 N–H and O–H groups in total. The lowest BCUT2D eigenvalue weighted by Gasteiger charge is -2.33. The molecule has 2 unspecified atom stereocenters. The van der Waals surface area contributed by atoms with Crippen LogP contribution in [0.5, 0.6) is 11.5 Å². The van der Waals surface area contributed by atoms with Gasteiger partial charge in [0.05, 0.1) is 31.4 Å². The summed E-state index contributed by atoms with van der Waals surface area (Å²) >= 11 is 5.98. The number of pyridine rings is 1. The van der Waals surface area contributed by atoms with Gasteiger partial charge in [0.2, 0.25) is 0 Å². The van der Waals surface area contributed by atoms with E-state index < -0.39 is 17.6 Å². The van der Waals surface area contributed by atoms with Crippen molar-refractivity contribution in [2.24, 2.45) is 0 Å². The number of ether oxygens (including phenoxy) is 4. The molecule has 3 atom stereocenters. The van der Waals surface area contributed by atoms with Crippen molar-refractivity contribution in [3.63, 3.8) is 0 Å². The first kappa shape index (κ1) is 28.8. The topological polar surface area (TPSA) is 87.9 Å². The van der Waals surface area contributed by atoms with Crippen molar-refractivity contribution in [1.29, 1.82) is 0 Å². The Kier molecular flexibility index (Phi) is 7.31. The number of hydrogen-bond donors (Lipinski definition) is 0. The van der Waals surface area contributed by atoms with Crippen molar-refractivity contribution in [1.82, 2.24) is 19.4 Å². The highest BCUT2D eigenvalue weighted by Crippen LogP contribution is 2.49. The van der Waals surface area contributed by atoms with Gasteiger partial charge in [0.25, 0.3) is 5.79 Å². The van der Waals surface area contributed by atoms with E-state index in [0.29, 0.717) is 35.3 Å². The average Bonchev–Trinajstić information content (AvgIpc) is 3.55. The van der Waals surface area contributed by atoms with Gasteiger partial charge in [-0.2, -0.15) is 0 Å². The Morgan fingerprint density at radius 1 is 1.20 bits per heavy atom. The Morgan fingerprint density at radius 3 is 2.75 bits per heavy atom. The van der Waals surface area contributed by atoms with Gasteiger partial charge in [-0.1, -0.05) is 29.8 Å². The van der Waals surface area contributed by atoms with E-state index in [-0.39, 0.29) is 23.4 Å². The molecule has 0 spiro atoms. The fourth-order valence-electron chi connectivity index (χ4n) is 6.16. The normalized spacial score (nSPS) is 22.0. The number of hydrogen-bond acceptors (Lipinski definition) is 8. The summed E-state index contributed by atoms with van der Waals surface area (Å²) in [4.78, 5) is 24.1. The Bertz CT molecular complexity index is 1800. The third kappa shape index (κ3) is 5.00. The van der Waals surface area contributed by atoms with Gasteiger partial charge in [-0.15, -0.1) is 0 Å². The molecule has 1 fully saturated rings. The van der Waals surface area contributed by atoms with Crippen molar-refractivity contribution in [2.45, 2.75) is 51.2 Å². The van der Waals surface area contributed by atoms with Gasteiger partial charge >= 0.3 is 5.97 Å². The van der Waals surface area contributed by atoms with Crippen molar-refractivity contribution in [2.75, 3.05) is 26.8 Å². The Hall–Kier alpha value is -3.99. The molecular formula is C33H32ClFN4O5. The molecule has 2 aromatic heterocycles. The van der Waals surface area contributed by atoms with Crippen LogP contribution in [0.4, 0.5) is 4.39 Å². The summed E-state index contributed by atoms with van der Waals surface area (Å²) in [6.07, 6.45) is 4.03. The maximum Gasteiger partial charge on any atom is 0.356 e. The molecule has 44 heavy (non-hydrogen) atoms. The van der Waals surface area contributed by atoms with Gasteiger partial charge in [-0.25, -0.2) is 19.2 Å². The predicted octanol–water partition coefficient (Wildman–Crippen LogP) is 6.29. The molecular weight excluding hydrogens is 587 g/mol. The zero-order chi connectivity index (χ0) is 30.6. The van der Waals surface area contributed by atoms with Crippen LogP contribution in [-0.4, -0.2) is 58.3 Å². The molecule has 11 heteroatoms. The number of rotatable bonds is 7. The maximum atomic E-state index is 14.8. The molecule has 0 aliphatic carbocycles. The fraction of sp³-hybridized carbons (Fsp3) is 0.364. The summed E-state index contributed by atoms with van der Waals surface area (Å²) in [7, 11) is 1.35. The van der Waals surface area contributed by atoms with Crippen LogP contribution in [0.25, 0.3) is 16.7 Å². The number of carbonyl (C=O) groups is 1. The van der Waals surface area contributed by atoms with Crippen LogP contribution in [0, 0.1) is 5.82 Å². The van der Waals surface area contributed by atoms with E-state index in [9.17, 15) is 9.18 Å². The number of nitrogens with zero attached hydrogens (tertiary/aromatic N) is 4. The molecule has 0 radical (unpaired) electrons. The Balaban J connectivity index is 1.14. The minimum atomic E-state index is -1.31. The smallest absolute Gasteiger partial charge is 0.356 e. The molecule has 0 bridgehead atoms. The van der Waals surface area contributed by atoms with Gasteiger partial charge in [0.15, 0.2) is 22.8 Å². The molecule has 1 saturated heterocycles. The molecule has 3 aliphatic heterocycles. The minimum absolute atomic E-state index is 0.0269. The lowest BCUT2D eigenvalue weighted by atomic mass is 9.97. The Morgan fingerprint density at radius 2 is 2.05 bits per heavy atom. The lowest BCUT2D eigenvalue weighted by molar-refractivity contribution is -0.0708. The summed E-state index contributed by atoms with van der Waals surface area (Å²) in [5, 5.41) is 0.311. The molecule has 5 heterocycles. The number of carbonyl (C=O) groups excluding carboxylic acids is 1. The zero-order valence-electron chi connectivity index (χ0n) is 24.7. The lowest BCUT2D eigenvalue weighted by Crippen LogP contribution is -2.35. The van der Waals surface area contributed by atoms with Crippen molar-refractivity contribution < 1.29 is 28.1 Å². The fourth-order valence-corrected chi connectivity index (χ4v) is 6.32. The summed E-state index contributed by atoms with van der Waals surface area (Å²) in [5.74, 6) is -0.229. The number of para-hydroxylation sites is 1. The van der Waals surface area contributed by atoms with E-state index in [1.165, 1.54) is 13.2 Å². The van der Waals surface area contributed by atoms with Crippen LogP contribution in [-0.2, 0) is 21.8 Å². The molecule has 0 amide bonds. The molecule has 0 saturated carbocycles. The standard InChI is InChI=1S/C33H32ClFN4O5/c1-19(30-36-26-9-10-27(32(40)41-3)37-31(26)39(30)18-22-13-16-42-22)38-14-11-20(12-15-38)23-5-4-6-28-29(23)44-33(2,43-28)24-8-7-21(34)17-25(24)35/h4-11,17,19,22H,12-16,18H2,1-3H3/t19?,22-,33?/m0/s1. The van der Waals surface area contributed by atoms with Crippen LogP contribution in [0.2, 0.25) is 5.02 Å². The third-order valence-corrected chi connectivity index (χ3v) is 8.94. The van der Waals surface area contributed by atoms with E-state index in [1.54, 1.807) is 25.1 Å². The van der Waals surface area contributed by atoms with Gasteiger partial charge in [0, 0.05) is 37.2 Å². The summed E-state index contributed by atoms with van der Waals surface area (Å²) in [6.45, 7) is 6.68. The monoisotopic (exact) mass is 618 g/mol. The molecule has 2 aromatic carbocycles. The van der Waals surface area contributed by atoms with Crippen LogP contribution < -0.4 is 9.47 Å². The second kappa shape index (κ2) is 11.2. The molecule has 7 rings (SSSR count). The number of methoxy groups -OCH3 is 1. The summed E-state index contributed by atoms with van der Waals surface area (Å²) < 4.78 is 40.1. The van der Waals surface area contributed by atoms with Gasteiger partial charge in [0.1, 0.15) is 17.2 Å². The van der Waals surface area contributed by atoms with E-state index >= 15 is 0 Å². The number of benzene rings is 2. The third-order valence-electron chi connectivity index (χ3n) is 8.70. The summed E-state index contributed by atoms with van der Waals surface area (Å²) in [6, 6.07) is 13.7. The zero-order valence-corrected chi connectivity index (χ0v) is 25.4. The molecule has 3 aliphatic rings. The highest BCUT2D eigenvalue weighted by Gasteiger charge is 2.42. The van der Waals surface area contributed by atoms with E-state index in [1.807, 2.05) is 24.3 Å². The SMILES string of the molecule is COC(=O)c1ccc2nc(C(C)N3CC=C(c4cccc5c4OC(C)(c4ccc(Cl)cc4F)O5)CC3)n(C[C@@H]3CCO3)c2n1. The number of imidazole rings is 1. The summed E-state index contributed by atoms with van der Waals surface area (Å²) in [5.41, 5.74) is 3.97. The first-order valence-corrected chi connectivity index (χ1v) is 15.1. The second-order valence-corrected chi connectivity index (χ2v) is 11.9. The van der Waals surface area contributed by atoms with Crippen LogP contribution in [0.1, 0.15) is 60.2 Å². The van der Waals surface area contributed by atoms with E-state index in [0.717, 1.165) is 48.5 Å². The highest BCUT2D eigenvalue weighted by molar-refractivity contribution is 6.30. The number of halogens is 2. The van der Waals surface area contributed by atoms with Gasteiger partial charge in [-0.05, 0) is 61.7 Å². The van der Waals surface area contributed by atoms with E-state index in [4.69, 9.17) is 35.5 Å². The second-order valence-electron chi connectivity index (χ2n) is 11.4. The van der Waals surface area contributed by atoms with E-state index in [2.05, 4.69) is 27.5 Å². The first-order valence-electron chi connectivity index (χ1n) is 14.7. The van der Waals surface area contributed by atoms with Crippen molar-refractivity contribution >= 4 is 34.3 Å². The quantitative estimate of drug-likeness (QED) is 0.223. The highest BCUT2D eigenvalue weighted by atomic mass is 35.5. The molecule has 9 nitrogen and oxygen atoms in total. The van der Waals surface area contributed by atoms with Gasteiger partial charge < -0.3 is 23.5 Å².